The number of benzene rings is 2. The number of hydrazone groups is 1. The molecule has 0 atom stereocenters. The van der Waals surface area contributed by atoms with E-state index >= 15 is 0 Å². The zero-order valence-electron chi connectivity index (χ0n) is 14.5. The van der Waals surface area contributed by atoms with E-state index < -0.39 is 0 Å². The molecule has 0 aliphatic rings. The minimum Gasteiger partial charge on any atom is -0.325 e. The lowest BCUT2D eigenvalue weighted by Gasteiger charge is -2.07. The molecular formula is C19H19Cl2N3O2. The SMILES string of the molecule is Cc1ccc(/C=N/NC(=O)CCC(=O)Nc2ccc(Cl)cc2Cl)c(C)c1. The molecule has 2 aromatic carbocycles. The van der Waals surface area contributed by atoms with Crippen LogP contribution in [0.4, 0.5) is 5.69 Å². The average Bonchev–Trinajstić information content (AvgIpc) is 2.57. The molecule has 0 fully saturated rings. The molecule has 0 bridgehead atoms. The van der Waals surface area contributed by atoms with E-state index in [4.69, 9.17) is 23.2 Å². The number of rotatable bonds is 6. The van der Waals surface area contributed by atoms with Crippen LogP contribution in [0.2, 0.25) is 10.0 Å². The molecule has 0 aliphatic carbocycles. The number of carbonyl (C=O) groups is 2. The molecule has 0 radical (unpaired) electrons. The summed E-state index contributed by atoms with van der Waals surface area (Å²) in [4.78, 5) is 23.7. The molecule has 7 heteroatoms. The van der Waals surface area contributed by atoms with E-state index in [1.54, 1.807) is 18.3 Å². The fourth-order valence-corrected chi connectivity index (χ4v) is 2.69. The normalized spacial score (nSPS) is 10.8. The monoisotopic (exact) mass is 391 g/mol. The second kappa shape index (κ2) is 9.36. The third kappa shape index (κ3) is 6.17. The van der Waals surface area contributed by atoms with Crippen LogP contribution in [0.15, 0.2) is 41.5 Å². The van der Waals surface area contributed by atoms with Crippen LogP contribution in [0.5, 0.6) is 0 Å². The molecule has 0 spiro atoms. The molecule has 0 aromatic heterocycles. The smallest absolute Gasteiger partial charge is 0.240 e. The van der Waals surface area contributed by atoms with E-state index in [0.717, 1.165) is 16.7 Å². The summed E-state index contributed by atoms with van der Waals surface area (Å²) in [7, 11) is 0. The molecule has 2 amide bonds. The Morgan fingerprint density at radius 3 is 2.46 bits per heavy atom. The summed E-state index contributed by atoms with van der Waals surface area (Å²) in [6, 6.07) is 10.7. The Labute approximate surface area is 162 Å². The third-order valence-corrected chi connectivity index (χ3v) is 4.15. The van der Waals surface area contributed by atoms with Crippen molar-refractivity contribution < 1.29 is 9.59 Å². The molecule has 0 saturated carbocycles. The van der Waals surface area contributed by atoms with Gasteiger partial charge in [0.1, 0.15) is 0 Å². The van der Waals surface area contributed by atoms with Crippen molar-refractivity contribution in [2.45, 2.75) is 26.7 Å². The molecule has 0 unspecified atom stereocenters. The fraction of sp³-hybridized carbons (Fsp3) is 0.211. The van der Waals surface area contributed by atoms with Crippen LogP contribution in [0, 0.1) is 13.8 Å². The lowest BCUT2D eigenvalue weighted by Crippen LogP contribution is -2.20. The van der Waals surface area contributed by atoms with Crippen LogP contribution in [0.3, 0.4) is 0 Å². The van der Waals surface area contributed by atoms with E-state index in [1.165, 1.54) is 6.07 Å². The van der Waals surface area contributed by atoms with Gasteiger partial charge >= 0.3 is 0 Å². The lowest BCUT2D eigenvalue weighted by molar-refractivity contribution is -0.124. The highest BCUT2D eigenvalue weighted by Crippen LogP contribution is 2.25. The molecule has 2 rings (SSSR count). The second-order valence-electron chi connectivity index (χ2n) is 5.83. The molecule has 0 heterocycles. The van der Waals surface area contributed by atoms with E-state index in [1.807, 2.05) is 32.0 Å². The standard InChI is InChI=1S/C19H19Cl2N3O2/c1-12-3-4-14(13(2)9-12)11-22-24-19(26)8-7-18(25)23-17-6-5-15(20)10-16(17)21/h3-6,9-11H,7-8H2,1-2H3,(H,23,25)(H,24,26)/b22-11+. The average molecular weight is 392 g/mol. The number of nitrogens with zero attached hydrogens (tertiary/aromatic N) is 1. The highest BCUT2D eigenvalue weighted by Gasteiger charge is 2.09. The second-order valence-corrected chi connectivity index (χ2v) is 6.67. The Morgan fingerprint density at radius 1 is 1.04 bits per heavy atom. The van der Waals surface area contributed by atoms with Gasteiger partial charge in [-0.2, -0.15) is 5.10 Å². The first kappa shape index (κ1) is 19.9. The van der Waals surface area contributed by atoms with E-state index in [9.17, 15) is 9.59 Å². The Hall–Kier alpha value is -2.37. The number of carbonyl (C=O) groups excluding carboxylic acids is 2. The maximum Gasteiger partial charge on any atom is 0.240 e. The Morgan fingerprint density at radius 2 is 1.77 bits per heavy atom. The van der Waals surface area contributed by atoms with E-state index in [0.29, 0.717) is 15.7 Å². The van der Waals surface area contributed by atoms with Gasteiger partial charge in [-0.15, -0.1) is 0 Å². The van der Waals surface area contributed by atoms with Crippen molar-refractivity contribution in [3.8, 4) is 0 Å². The van der Waals surface area contributed by atoms with Crippen molar-refractivity contribution in [1.29, 1.82) is 0 Å². The van der Waals surface area contributed by atoms with Crippen molar-refractivity contribution in [3.05, 3.63) is 63.1 Å². The van der Waals surface area contributed by atoms with Crippen LogP contribution >= 0.6 is 23.2 Å². The number of hydrogen-bond donors (Lipinski definition) is 2. The first-order chi connectivity index (χ1) is 12.3. The number of aryl methyl sites for hydroxylation is 2. The van der Waals surface area contributed by atoms with Gasteiger partial charge in [0.05, 0.1) is 16.9 Å². The van der Waals surface area contributed by atoms with Gasteiger partial charge in [-0.25, -0.2) is 5.43 Å². The highest BCUT2D eigenvalue weighted by molar-refractivity contribution is 6.36. The summed E-state index contributed by atoms with van der Waals surface area (Å²) < 4.78 is 0. The van der Waals surface area contributed by atoms with Gasteiger partial charge < -0.3 is 5.32 Å². The van der Waals surface area contributed by atoms with Gasteiger partial charge in [0.2, 0.25) is 11.8 Å². The minimum absolute atomic E-state index is 0.0151. The van der Waals surface area contributed by atoms with Crippen molar-refractivity contribution in [2.24, 2.45) is 5.10 Å². The number of amides is 2. The maximum absolute atomic E-state index is 11.9. The molecule has 2 N–H and O–H groups in total. The maximum atomic E-state index is 11.9. The van der Waals surface area contributed by atoms with Crippen molar-refractivity contribution in [3.63, 3.8) is 0 Å². The number of nitrogens with one attached hydrogen (secondary N) is 2. The first-order valence-electron chi connectivity index (χ1n) is 7.99. The van der Waals surface area contributed by atoms with Gasteiger partial charge in [0.25, 0.3) is 0 Å². The van der Waals surface area contributed by atoms with Crippen LogP contribution in [-0.2, 0) is 9.59 Å². The summed E-state index contributed by atoms with van der Waals surface area (Å²) in [6.07, 6.45) is 1.62. The predicted molar refractivity (Wildman–Crippen MR) is 106 cm³/mol. The lowest BCUT2D eigenvalue weighted by atomic mass is 10.1. The summed E-state index contributed by atoms with van der Waals surface area (Å²) in [5.41, 5.74) is 6.03. The largest absolute Gasteiger partial charge is 0.325 e. The van der Waals surface area contributed by atoms with Gasteiger partial charge in [0.15, 0.2) is 0 Å². The van der Waals surface area contributed by atoms with Crippen LogP contribution in [0.25, 0.3) is 0 Å². The van der Waals surface area contributed by atoms with Gasteiger partial charge in [0, 0.05) is 17.9 Å². The zero-order chi connectivity index (χ0) is 19.1. The number of anilines is 1. The molecular weight excluding hydrogens is 373 g/mol. The van der Waals surface area contributed by atoms with Gasteiger partial charge in [-0.3, -0.25) is 9.59 Å². The molecule has 5 nitrogen and oxygen atoms in total. The Kier molecular flexibility index (Phi) is 7.18. The third-order valence-electron chi connectivity index (χ3n) is 3.60. The number of halogens is 2. The van der Waals surface area contributed by atoms with E-state index in [-0.39, 0.29) is 24.7 Å². The van der Waals surface area contributed by atoms with Crippen LogP contribution in [-0.4, -0.2) is 18.0 Å². The summed E-state index contributed by atoms with van der Waals surface area (Å²) in [6.45, 7) is 3.99. The van der Waals surface area contributed by atoms with Crippen molar-refractivity contribution >= 4 is 46.9 Å². The minimum atomic E-state index is -0.344. The zero-order valence-corrected chi connectivity index (χ0v) is 16.0. The van der Waals surface area contributed by atoms with Crippen molar-refractivity contribution in [1.82, 2.24) is 5.43 Å². The molecule has 136 valence electrons. The highest BCUT2D eigenvalue weighted by atomic mass is 35.5. The predicted octanol–water partition coefficient (Wildman–Crippen LogP) is 4.48. The number of hydrogen-bond acceptors (Lipinski definition) is 3. The molecule has 0 saturated heterocycles. The quantitative estimate of drug-likeness (QED) is 0.562. The van der Waals surface area contributed by atoms with E-state index in [2.05, 4.69) is 15.8 Å². The topological polar surface area (TPSA) is 70.6 Å². The van der Waals surface area contributed by atoms with Gasteiger partial charge in [-0.05, 0) is 43.2 Å². The van der Waals surface area contributed by atoms with Crippen LogP contribution in [0.1, 0.15) is 29.5 Å². The summed E-state index contributed by atoms with van der Waals surface area (Å²) >= 11 is 11.8. The van der Waals surface area contributed by atoms with Crippen LogP contribution < -0.4 is 10.7 Å². The summed E-state index contributed by atoms with van der Waals surface area (Å²) in [5, 5.41) is 7.39. The molecule has 2 aromatic rings. The summed E-state index contributed by atoms with van der Waals surface area (Å²) in [5.74, 6) is -0.661. The Balaban J connectivity index is 1.79. The Bertz CT molecular complexity index is 851. The van der Waals surface area contributed by atoms with Crippen molar-refractivity contribution in [2.75, 3.05) is 5.32 Å². The molecule has 26 heavy (non-hydrogen) atoms. The molecule has 0 aliphatic heterocycles. The fourth-order valence-electron chi connectivity index (χ4n) is 2.23. The van der Waals surface area contributed by atoms with Gasteiger partial charge in [-0.1, -0.05) is 47.0 Å². The first-order valence-corrected chi connectivity index (χ1v) is 8.75.